The zero-order valence-corrected chi connectivity index (χ0v) is 11.4. The van der Waals surface area contributed by atoms with Gasteiger partial charge in [0, 0.05) is 15.2 Å². The average molecular weight is 329 g/mol. The lowest BCUT2D eigenvalue weighted by Gasteiger charge is -2.07. The van der Waals surface area contributed by atoms with E-state index in [2.05, 4.69) is 21.2 Å². The molecule has 0 spiro atoms. The highest BCUT2D eigenvalue weighted by atomic mass is 79.9. The quantitative estimate of drug-likeness (QED) is 0.864. The minimum absolute atomic E-state index is 0.352. The van der Waals surface area contributed by atoms with Crippen molar-refractivity contribution in [3.05, 3.63) is 63.3 Å². The molecular formula is C13H8BrClFNO. The number of nitrogens with one attached hydrogen (secondary N) is 1. The van der Waals surface area contributed by atoms with Gasteiger partial charge in [-0.05, 0) is 52.3 Å². The largest absolute Gasteiger partial charge is 0.322 e. The van der Waals surface area contributed by atoms with Crippen molar-refractivity contribution in [2.45, 2.75) is 0 Å². The van der Waals surface area contributed by atoms with Crippen molar-refractivity contribution < 1.29 is 9.18 Å². The molecule has 18 heavy (non-hydrogen) atoms. The number of hydrogen-bond acceptors (Lipinski definition) is 1. The predicted octanol–water partition coefficient (Wildman–Crippen LogP) is 4.49. The third-order valence-corrected chi connectivity index (χ3v) is 3.18. The Balaban J connectivity index is 2.24. The first-order chi connectivity index (χ1) is 8.56. The van der Waals surface area contributed by atoms with Crippen LogP contribution in [0.5, 0.6) is 0 Å². The van der Waals surface area contributed by atoms with Crippen molar-refractivity contribution in [3.8, 4) is 0 Å². The molecule has 2 aromatic rings. The maximum atomic E-state index is 13.0. The van der Waals surface area contributed by atoms with Gasteiger partial charge in [-0.15, -0.1) is 0 Å². The van der Waals surface area contributed by atoms with E-state index in [1.165, 1.54) is 18.2 Å². The number of carbonyl (C=O) groups is 1. The second-order valence-electron chi connectivity index (χ2n) is 3.59. The summed E-state index contributed by atoms with van der Waals surface area (Å²) in [4.78, 5) is 12.0. The van der Waals surface area contributed by atoms with Gasteiger partial charge in [0.25, 0.3) is 5.91 Å². The molecule has 2 aromatic carbocycles. The van der Waals surface area contributed by atoms with E-state index in [9.17, 15) is 9.18 Å². The summed E-state index contributed by atoms with van der Waals surface area (Å²) in [5.74, 6) is -0.757. The molecule has 5 heteroatoms. The summed E-state index contributed by atoms with van der Waals surface area (Å²) < 4.78 is 13.6. The molecule has 0 saturated heterocycles. The standard InChI is InChI=1S/C13H8BrClFNO/c14-12-5-4-8(15)6-11(12)13(18)17-10-3-1-2-9(16)7-10/h1-7H,(H,17,18). The second kappa shape index (κ2) is 5.50. The molecule has 0 atom stereocenters. The maximum absolute atomic E-state index is 13.0. The number of benzene rings is 2. The summed E-state index contributed by atoms with van der Waals surface area (Å²) >= 11 is 9.09. The smallest absolute Gasteiger partial charge is 0.256 e. The number of amides is 1. The van der Waals surface area contributed by atoms with E-state index in [1.54, 1.807) is 24.3 Å². The van der Waals surface area contributed by atoms with Crippen LogP contribution in [-0.4, -0.2) is 5.91 Å². The van der Waals surface area contributed by atoms with Crippen molar-refractivity contribution in [2.75, 3.05) is 5.32 Å². The average Bonchev–Trinajstić information content (AvgIpc) is 2.32. The van der Waals surface area contributed by atoms with Crippen LogP contribution in [0.2, 0.25) is 5.02 Å². The van der Waals surface area contributed by atoms with Crippen LogP contribution in [-0.2, 0) is 0 Å². The van der Waals surface area contributed by atoms with E-state index in [0.717, 1.165) is 0 Å². The van der Waals surface area contributed by atoms with Gasteiger partial charge >= 0.3 is 0 Å². The fourth-order valence-corrected chi connectivity index (χ4v) is 2.03. The topological polar surface area (TPSA) is 29.1 Å². The van der Waals surface area contributed by atoms with Gasteiger partial charge in [0.15, 0.2) is 0 Å². The van der Waals surface area contributed by atoms with Crippen molar-refractivity contribution in [1.82, 2.24) is 0 Å². The van der Waals surface area contributed by atoms with Crippen molar-refractivity contribution in [3.63, 3.8) is 0 Å². The Bertz CT molecular complexity index is 603. The Morgan fingerprint density at radius 2 is 2.00 bits per heavy atom. The van der Waals surface area contributed by atoms with Crippen LogP contribution in [0.1, 0.15) is 10.4 Å². The van der Waals surface area contributed by atoms with E-state index in [-0.39, 0.29) is 5.91 Å². The third-order valence-electron chi connectivity index (χ3n) is 2.26. The summed E-state index contributed by atoms with van der Waals surface area (Å²) in [7, 11) is 0. The van der Waals surface area contributed by atoms with Crippen LogP contribution in [0.15, 0.2) is 46.9 Å². The number of carbonyl (C=O) groups excluding carboxylic acids is 1. The lowest BCUT2D eigenvalue weighted by molar-refractivity contribution is 0.102. The Morgan fingerprint density at radius 1 is 1.22 bits per heavy atom. The van der Waals surface area contributed by atoms with Gasteiger partial charge in [-0.1, -0.05) is 17.7 Å². The monoisotopic (exact) mass is 327 g/mol. The molecule has 1 N–H and O–H groups in total. The fraction of sp³-hybridized carbons (Fsp3) is 0. The molecule has 0 heterocycles. The molecule has 2 rings (SSSR count). The Labute approximate surface area is 117 Å². The van der Waals surface area contributed by atoms with Crippen LogP contribution >= 0.6 is 27.5 Å². The first-order valence-corrected chi connectivity index (χ1v) is 6.25. The minimum Gasteiger partial charge on any atom is -0.322 e. The number of halogens is 3. The molecule has 0 radical (unpaired) electrons. The van der Waals surface area contributed by atoms with E-state index >= 15 is 0 Å². The zero-order valence-electron chi connectivity index (χ0n) is 9.08. The van der Waals surface area contributed by atoms with E-state index in [4.69, 9.17) is 11.6 Å². The lowest BCUT2D eigenvalue weighted by atomic mass is 10.2. The van der Waals surface area contributed by atoms with Gasteiger partial charge in [0.2, 0.25) is 0 Å². The minimum atomic E-state index is -0.405. The molecule has 0 bridgehead atoms. The molecule has 0 unspecified atom stereocenters. The molecule has 0 saturated carbocycles. The summed E-state index contributed by atoms with van der Waals surface area (Å²) in [5.41, 5.74) is 0.790. The number of hydrogen-bond donors (Lipinski definition) is 1. The van der Waals surface area contributed by atoms with Crippen LogP contribution in [0, 0.1) is 5.82 Å². The lowest BCUT2D eigenvalue weighted by Crippen LogP contribution is -2.12. The van der Waals surface area contributed by atoms with Crippen molar-refractivity contribution in [1.29, 1.82) is 0 Å². The first kappa shape index (κ1) is 13.1. The molecule has 0 aliphatic rings. The highest BCUT2D eigenvalue weighted by Gasteiger charge is 2.11. The number of rotatable bonds is 2. The van der Waals surface area contributed by atoms with Gasteiger partial charge < -0.3 is 5.32 Å². The predicted molar refractivity (Wildman–Crippen MR) is 73.5 cm³/mol. The number of anilines is 1. The van der Waals surface area contributed by atoms with Crippen molar-refractivity contribution in [2.24, 2.45) is 0 Å². The summed E-state index contributed by atoms with van der Waals surface area (Å²) in [6.07, 6.45) is 0. The highest BCUT2D eigenvalue weighted by molar-refractivity contribution is 9.10. The summed E-state index contributed by atoms with van der Waals surface area (Å²) in [6.45, 7) is 0. The Morgan fingerprint density at radius 3 is 2.72 bits per heavy atom. The van der Waals surface area contributed by atoms with E-state index < -0.39 is 5.82 Å². The van der Waals surface area contributed by atoms with Crippen LogP contribution in [0.3, 0.4) is 0 Å². The van der Waals surface area contributed by atoms with Gasteiger partial charge in [-0.2, -0.15) is 0 Å². The molecule has 0 aliphatic carbocycles. The summed E-state index contributed by atoms with van der Waals surface area (Å²) in [5, 5.41) is 3.06. The molecule has 0 fully saturated rings. The van der Waals surface area contributed by atoms with Crippen molar-refractivity contribution >= 4 is 39.1 Å². The second-order valence-corrected chi connectivity index (χ2v) is 4.88. The normalized spacial score (nSPS) is 10.2. The fourth-order valence-electron chi connectivity index (χ4n) is 1.44. The zero-order chi connectivity index (χ0) is 13.1. The molecule has 2 nitrogen and oxygen atoms in total. The van der Waals surface area contributed by atoms with Gasteiger partial charge in [0.05, 0.1) is 5.56 Å². The molecule has 1 amide bonds. The third kappa shape index (κ3) is 3.09. The molecule has 0 aromatic heterocycles. The van der Waals surface area contributed by atoms with Gasteiger partial charge in [0.1, 0.15) is 5.82 Å². The Hall–Kier alpha value is -1.39. The summed E-state index contributed by atoms with van der Waals surface area (Å²) in [6, 6.07) is 10.6. The first-order valence-electron chi connectivity index (χ1n) is 5.08. The highest BCUT2D eigenvalue weighted by Crippen LogP contribution is 2.22. The van der Waals surface area contributed by atoms with E-state index in [1.807, 2.05) is 0 Å². The molecule has 0 aliphatic heterocycles. The van der Waals surface area contributed by atoms with Crippen LogP contribution in [0.25, 0.3) is 0 Å². The SMILES string of the molecule is O=C(Nc1cccc(F)c1)c1cc(Cl)ccc1Br. The van der Waals surface area contributed by atoms with E-state index in [0.29, 0.717) is 20.7 Å². The van der Waals surface area contributed by atoms with Gasteiger partial charge in [-0.3, -0.25) is 4.79 Å². The Kier molecular flexibility index (Phi) is 3.99. The molecular weight excluding hydrogens is 321 g/mol. The van der Waals surface area contributed by atoms with Gasteiger partial charge in [-0.25, -0.2) is 4.39 Å². The maximum Gasteiger partial charge on any atom is 0.256 e. The van der Waals surface area contributed by atoms with Crippen LogP contribution < -0.4 is 5.32 Å². The molecule has 92 valence electrons. The van der Waals surface area contributed by atoms with Crippen LogP contribution in [0.4, 0.5) is 10.1 Å².